The molecule has 8 nitrogen and oxygen atoms in total. The number of piperazine rings is 1. The van der Waals surface area contributed by atoms with Crippen LogP contribution in [0, 0.1) is 6.92 Å². The van der Waals surface area contributed by atoms with Crippen molar-refractivity contribution in [1.29, 1.82) is 0 Å². The molecule has 0 radical (unpaired) electrons. The van der Waals surface area contributed by atoms with Crippen molar-refractivity contribution in [2.75, 3.05) is 45.2 Å². The van der Waals surface area contributed by atoms with Gasteiger partial charge in [-0.2, -0.15) is 5.10 Å². The van der Waals surface area contributed by atoms with Crippen LogP contribution in [0.2, 0.25) is 0 Å². The van der Waals surface area contributed by atoms with Gasteiger partial charge in [0.05, 0.1) is 24.2 Å². The van der Waals surface area contributed by atoms with E-state index >= 15 is 0 Å². The maximum Gasteiger partial charge on any atom is 0.236 e. The second-order valence-electron chi connectivity index (χ2n) is 7.32. The number of nitrogens with zero attached hydrogens (tertiary/aromatic N) is 5. The van der Waals surface area contributed by atoms with E-state index in [0.29, 0.717) is 13.1 Å². The SMILES string of the molecule is Cc1c(CN2CCN(CC(=O)N(C)C)[C@H]3CS(=O)(=O)C[C@H]32)cnn1C. The molecule has 1 aromatic rings. The Bertz CT molecular complexity index is 758. The van der Waals surface area contributed by atoms with Crippen LogP contribution in [0.15, 0.2) is 6.20 Å². The Kier molecular flexibility index (Phi) is 4.91. The van der Waals surface area contributed by atoms with Gasteiger partial charge in [-0.1, -0.05) is 0 Å². The van der Waals surface area contributed by atoms with Crippen molar-refractivity contribution in [3.63, 3.8) is 0 Å². The number of aromatic nitrogens is 2. The van der Waals surface area contributed by atoms with Crippen LogP contribution in [0.4, 0.5) is 0 Å². The molecule has 3 rings (SSSR count). The highest BCUT2D eigenvalue weighted by molar-refractivity contribution is 7.91. The van der Waals surface area contributed by atoms with E-state index in [1.165, 1.54) is 0 Å². The van der Waals surface area contributed by atoms with Gasteiger partial charge in [0.25, 0.3) is 0 Å². The molecule has 0 bridgehead atoms. The molecule has 1 aromatic heterocycles. The minimum Gasteiger partial charge on any atom is -0.348 e. The van der Waals surface area contributed by atoms with Crippen molar-refractivity contribution in [2.45, 2.75) is 25.6 Å². The molecule has 0 aliphatic carbocycles. The highest BCUT2D eigenvalue weighted by atomic mass is 32.2. The number of rotatable bonds is 4. The molecule has 2 aliphatic heterocycles. The molecule has 0 aromatic carbocycles. The van der Waals surface area contributed by atoms with E-state index in [1.807, 2.05) is 29.7 Å². The zero-order valence-corrected chi connectivity index (χ0v) is 16.2. The number of sulfone groups is 1. The van der Waals surface area contributed by atoms with Crippen LogP contribution < -0.4 is 0 Å². The maximum absolute atomic E-state index is 12.3. The third-order valence-corrected chi connectivity index (χ3v) is 7.15. The number of hydrogen-bond acceptors (Lipinski definition) is 6. The van der Waals surface area contributed by atoms with Crippen LogP contribution >= 0.6 is 0 Å². The molecule has 9 heteroatoms. The molecule has 140 valence electrons. The van der Waals surface area contributed by atoms with Crippen LogP contribution in [0.1, 0.15) is 11.3 Å². The molecule has 1 amide bonds. The van der Waals surface area contributed by atoms with Crippen LogP contribution in [0.5, 0.6) is 0 Å². The molecule has 0 saturated carbocycles. The van der Waals surface area contributed by atoms with E-state index in [-0.39, 0.29) is 36.0 Å². The monoisotopic (exact) mass is 369 g/mol. The minimum atomic E-state index is -3.08. The van der Waals surface area contributed by atoms with Gasteiger partial charge in [0.1, 0.15) is 0 Å². The van der Waals surface area contributed by atoms with E-state index in [9.17, 15) is 13.2 Å². The quantitative estimate of drug-likeness (QED) is 0.684. The molecule has 25 heavy (non-hydrogen) atoms. The summed E-state index contributed by atoms with van der Waals surface area (Å²) in [6.07, 6.45) is 1.86. The summed E-state index contributed by atoms with van der Waals surface area (Å²) < 4.78 is 26.4. The number of carbonyl (C=O) groups is 1. The summed E-state index contributed by atoms with van der Waals surface area (Å²) in [6.45, 7) is 4.47. The highest BCUT2D eigenvalue weighted by Gasteiger charge is 2.46. The van der Waals surface area contributed by atoms with E-state index in [1.54, 1.807) is 19.0 Å². The highest BCUT2D eigenvalue weighted by Crippen LogP contribution is 2.28. The number of hydrogen-bond donors (Lipinski definition) is 0. The minimum absolute atomic E-state index is 0.0135. The maximum atomic E-state index is 12.3. The summed E-state index contributed by atoms with van der Waals surface area (Å²) in [5.74, 6) is 0.324. The fraction of sp³-hybridized carbons (Fsp3) is 0.750. The van der Waals surface area contributed by atoms with Crippen LogP contribution in [-0.4, -0.2) is 96.1 Å². The van der Waals surface area contributed by atoms with E-state index in [0.717, 1.165) is 17.8 Å². The van der Waals surface area contributed by atoms with Crippen molar-refractivity contribution in [3.05, 3.63) is 17.5 Å². The zero-order valence-electron chi connectivity index (χ0n) is 15.3. The lowest BCUT2D eigenvalue weighted by Gasteiger charge is -2.43. The van der Waals surface area contributed by atoms with Gasteiger partial charge in [0.15, 0.2) is 9.84 Å². The van der Waals surface area contributed by atoms with Crippen molar-refractivity contribution >= 4 is 15.7 Å². The average molecular weight is 369 g/mol. The summed E-state index contributed by atoms with van der Waals surface area (Å²) in [4.78, 5) is 17.9. The van der Waals surface area contributed by atoms with Gasteiger partial charge in [-0.3, -0.25) is 19.3 Å². The predicted octanol–water partition coefficient (Wildman–Crippen LogP) is -0.900. The Labute approximate surface area is 149 Å². The van der Waals surface area contributed by atoms with E-state index in [4.69, 9.17) is 0 Å². The van der Waals surface area contributed by atoms with Crippen LogP contribution in [0.3, 0.4) is 0 Å². The first kappa shape index (κ1) is 18.3. The smallest absolute Gasteiger partial charge is 0.236 e. The standard InChI is InChI=1S/C16H27N5O3S/c1-12-13(7-17-19(12)4)8-20-5-6-21(9-16(22)18(2)3)15-11-25(23,24)10-14(15)20/h7,14-15H,5-6,8-11H2,1-4H3/t14-,15+/m1/s1. The molecule has 0 N–H and O–H groups in total. The zero-order chi connectivity index (χ0) is 18.4. The lowest BCUT2D eigenvalue weighted by Crippen LogP contribution is -2.60. The molecule has 2 atom stereocenters. The van der Waals surface area contributed by atoms with Gasteiger partial charge >= 0.3 is 0 Å². The number of aryl methyl sites for hydroxylation is 1. The van der Waals surface area contributed by atoms with Gasteiger partial charge < -0.3 is 4.90 Å². The fourth-order valence-electron chi connectivity index (χ4n) is 3.72. The fourth-order valence-corrected chi connectivity index (χ4v) is 5.77. The first-order valence-corrected chi connectivity index (χ1v) is 10.4. The topological polar surface area (TPSA) is 78.8 Å². The summed E-state index contributed by atoms with van der Waals surface area (Å²) in [6, 6.07) is -0.173. The summed E-state index contributed by atoms with van der Waals surface area (Å²) in [7, 11) is 2.29. The van der Waals surface area contributed by atoms with Crippen LogP contribution in [0.25, 0.3) is 0 Å². The van der Waals surface area contributed by atoms with Gasteiger partial charge in [0.2, 0.25) is 5.91 Å². The van der Waals surface area contributed by atoms with Crippen molar-refractivity contribution in [2.24, 2.45) is 7.05 Å². The number of carbonyl (C=O) groups excluding carboxylic acids is 1. The van der Waals surface area contributed by atoms with E-state index < -0.39 is 9.84 Å². The molecule has 3 heterocycles. The van der Waals surface area contributed by atoms with Crippen LogP contribution in [-0.2, 0) is 28.2 Å². The Morgan fingerprint density at radius 1 is 1.24 bits per heavy atom. The third kappa shape index (κ3) is 3.73. The second kappa shape index (κ2) is 6.69. The average Bonchev–Trinajstić information content (AvgIpc) is 3.02. The summed E-state index contributed by atoms with van der Waals surface area (Å²) in [5.41, 5.74) is 2.23. The van der Waals surface area contributed by atoms with E-state index in [2.05, 4.69) is 10.00 Å². The molecular weight excluding hydrogens is 342 g/mol. The van der Waals surface area contributed by atoms with Gasteiger partial charge in [-0.25, -0.2) is 8.42 Å². The predicted molar refractivity (Wildman–Crippen MR) is 94.9 cm³/mol. The van der Waals surface area contributed by atoms with Crippen molar-refractivity contribution in [3.8, 4) is 0 Å². The number of fused-ring (bicyclic) bond motifs is 1. The van der Waals surface area contributed by atoms with Gasteiger partial charge in [-0.05, 0) is 6.92 Å². The van der Waals surface area contributed by atoms with Crippen molar-refractivity contribution in [1.82, 2.24) is 24.5 Å². The lowest BCUT2D eigenvalue weighted by atomic mass is 10.0. The molecule has 0 unspecified atom stereocenters. The molecular formula is C16H27N5O3S. The second-order valence-corrected chi connectivity index (χ2v) is 9.47. The van der Waals surface area contributed by atoms with Gasteiger partial charge in [0, 0.05) is 64.1 Å². The summed E-state index contributed by atoms with van der Waals surface area (Å²) >= 11 is 0. The number of amides is 1. The Morgan fingerprint density at radius 3 is 2.40 bits per heavy atom. The molecule has 2 saturated heterocycles. The molecule has 0 spiro atoms. The van der Waals surface area contributed by atoms with Gasteiger partial charge in [-0.15, -0.1) is 0 Å². The number of likely N-dealkylation sites (N-methyl/N-ethyl adjacent to an activating group) is 1. The normalized spacial score (nSPS) is 26.6. The third-order valence-electron chi connectivity index (χ3n) is 5.45. The Morgan fingerprint density at radius 2 is 1.84 bits per heavy atom. The summed E-state index contributed by atoms with van der Waals surface area (Å²) in [5, 5.41) is 4.28. The largest absolute Gasteiger partial charge is 0.348 e. The Hall–Kier alpha value is -1.45. The molecule has 2 fully saturated rings. The van der Waals surface area contributed by atoms with Crippen molar-refractivity contribution < 1.29 is 13.2 Å². The first-order valence-electron chi connectivity index (χ1n) is 8.54. The first-order chi connectivity index (χ1) is 11.7. The lowest BCUT2D eigenvalue weighted by molar-refractivity contribution is -0.131. The Balaban J connectivity index is 1.78. The molecule has 2 aliphatic rings.